The number of piperidine rings is 1. The molecule has 1 heterocycles. The van der Waals surface area contributed by atoms with Gasteiger partial charge in [0.15, 0.2) is 0 Å². The van der Waals surface area contributed by atoms with E-state index in [0.29, 0.717) is 12.6 Å². The molecule has 0 aromatic carbocycles. The van der Waals surface area contributed by atoms with Crippen LogP contribution in [0.15, 0.2) is 0 Å². The fourth-order valence-electron chi connectivity index (χ4n) is 2.54. The van der Waals surface area contributed by atoms with Crippen LogP contribution in [0.2, 0.25) is 0 Å². The zero-order chi connectivity index (χ0) is 12.7. The highest BCUT2D eigenvalue weighted by molar-refractivity contribution is 5.81. The van der Waals surface area contributed by atoms with Gasteiger partial charge in [0.05, 0.1) is 6.04 Å². The molecule has 0 aromatic heterocycles. The number of hydrogen-bond donors (Lipinski definition) is 2. The number of likely N-dealkylation sites (N-methyl/N-ethyl adjacent to an activating group) is 1. The zero-order valence-corrected chi connectivity index (χ0v) is 11.5. The van der Waals surface area contributed by atoms with Gasteiger partial charge in [-0.2, -0.15) is 0 Å². The van der Waals surface area contributed by atoms with Gasteiger partial charge in [-0.05, 0) is 46.2 Å². The van der Waals surface area contributed by atoms with E-state index in [2.05, 4.69) is 22.5 Å². The van der Waals surface area contributed by atoms with Crippen LogP contribution in [0.5, 0.6) is 0 Å². The highest BCUT2D eigenvalue weighted by Gasteiger charge is 2.27. The van der Waals surface area contributed by atoms with Crippen LogP contribution < -0.4 is 10.6 Å². The van der Waals surface area contributed by atoms with Crippen molar-refractivity contribution in [2.24, 2.45) is 0 Å². The molecule has 2 unspecified atom stereocenters. The molecule has 0 bridgehead atoms. The van der Waals surface area contributed by atoms with Crippen LogP contribution in [-0.4, -0.2) is 49.1 Å². The number of rotatable bonds is 6. The largest absolute Gasteiger partial charge is 0.355 e. The fourth-order valence-corrected chi connectivity index (χ4v) is 2.54. The molecule has 2 atom stereocenters. The SMILES string of the molecule is CCCN(C1CCCNC1)C(C)C(=O)NCC. The van der Waals surface area contributed by atoms with Gasteiger partial charge in [0.2, 0.25) is 5.91 Å². The summed E-state index contributed by atoms with van der Waals surface area (Å²) in [5, 5.41) is 6.35. The van der Waals surface area contributed by atoms with Crippen LogP contribution in [0.3, 0.4) is 0 Å². The van der Waals surface area contributed by atoms with Crippen LogP contribution in [0.25, 0.3) is 0 Å². The lowest BCUT2D eigenvalue weighted by atomic mass is 10.0. The normalized spacial score (nSPS) is 22.5. The van der Waals surface area contributed by atoms with Crippen LogP contribution >= 0.6 is 0 Å². The Morgan fingerprint density at radius 1 is 1.53 bits per heavy atom. The highest BCUT2D eigenvalue weighted by Crippen LogP contribution is 2.14. The second-order valence-corrected chi connectivity index (χ2v) is 4.81. The first-order valence-corrected chi connectivity index (χ1v) is 6.94. The van der Waals surface area contributed by atoms with Crippen LogP contribution in [0.1, 0.15) is 40.0 Å². The molecule has 4 heteroatoms. The van der Waals surface area contributed by atoms with Crippen molar-refractivity contribution < 1.29 is 4.79 Å². The number of nitrogens with one attached hydrogen (secondary N) is 2. The van der Waals surface area contributed by atoms with Gasteiger partial charge in [0.1, 0.15) is 0 Å². The third-order valence-corrected chi connectivity index (χ3v) is 3.45. The van der Waals surface area contributed by atoms with Crippen molar-refractivity contribution >= 4 is 5.91 Å². The number of amides is 1. The van der Waals surface area contributed by atoms with E-state index in [1.807, 2.05) is 13.8 Å². The maximum absolute atomic E-state index is 11.9. The molecule has 1 saturated heterocycles. The van der Waals surface area contributed by atoms with Crippen molar-refractivity contribution in [1.82, 2.24) is 15.5 Å². The van der Waals surface area contributed by atoms with Gasteiger partial charge in [-0.1, -0.05) is 6.92 Å². The molecule has 100 valence electrons. The predicted molar refractivity (Wildman–Crippen MR) is 71.0 cm³/mol. The van der Waals surface area contributed by atoms with Gasteiger partial charge in [-0.25, -0.2) is 0 Å². The van der Waals surface area contributed by atoms with Crippen molar-refractivity contribution in [2.45, 2.75) is 52.1 Å². The van der Waals surface area contributed by atoms with Crippen molar-refractivity contribution in [1.29, 1.82) is 0 Å². The maximum Gasteiger partial charge on any atom is 0.237 e. The Morgan fingerprint density at radius 3 is 2.82 bits per heavy atom. The molecule has 1 aliphatic rings. The Morgan fingerprint density at radius 2 is 2.29 bits per heavy atom. The maximum atomic E-state index is 11.9. The average Bonchev–Trinajstić information content (AvgIpc) is 2.36. The molecular formula is C13H27N3O. The van der Waals surface area contributed by atoms with Gasteiger partial charge >= 0.3 is 0 Å². The van der Waals surface area contributed by atoms with E-state index in [1.165, 1.54) is 12.8 Å². The molecule has 17 heavy (non-hydrogen) atoms. The summed E-state index contributed by atoms with van der Waals surface area (Å²) in [6, 6.07) is 0.501. The summed E-state index contributed by atoms with van der Waals surface area (Å²) in [5.41, 5.74) is 0. The lowest BCUT2D eigenvalue weighted by Crippen LogP contribution is -2.54. The summed E-state index contributed by atoms with van der Waals surface area (Å²) in [6.07, 6.45) is 3.52. The number of hydrogen-bond acceptors (Lipinski definition) is 3. The smallest absolute Gasteiger partial charge is 0.237 e. The van der Waals surface area contributed by atoms with Gasteiger partial charge in [0.25, 0.3) is 0 Å². The van der Waals surface area contributed by atoms with E-state index in [-0.39, 0.29) is 11.9 Å². The molecule has 0 radical (unpaired) electrons. The van der Waals surface area contributed by atoms with E-state index in [4.69, 9.17) is 0 Å². The van der Waals surface area contributed by atoms with Crippen molar-refractivity contribution in [3.8, 4) is 0 Å². The summed E-state index contributed by atoms with van der Waals surface area (Å²) in [6.45, 7) is 10.0. The van der Waals surface area contributed by atoms with Crippen LogP contribution in [0.4, 0.5) is 0 Å². The minimum absolute atomic E-state index is 0.0141. The number of nitrogens with zero attached hydrogens (tertiary/aromatic N) is 1. The Balaban J connectivity index is 2.59. The molecule has 4 nitrogen and oxygen atoms in total. The second-order valence-electron chi connectivity index (χ2n) is 4.81. The average molecular weight is 241 g/mol. The predicted octanol–water partition coefficient (Wildman–Crippen LogP) is 0.975. The lowest BCUT2D eigenvalue weighted by Gasteiger charge is -2.37. The number of carbonyl (C=O) groups is 1. The van der Waals surface area contributed by atoms with E-state index in [9.17, 15) is 4.79 Å². The third-order valence-electron chi connectivity index (χ3n) is 3.45. The zero-order valence-electron chi connectivity index (χ0n) is 11.5. The lowest BCUT2D eigenvalue weighted by molar-refractivity contribution is -0.126. The summed E-state index contributed by atoms with van der Waals surface area (Å²) < 4.78 is 0. The first-order valence-electron chi connectivity index (χ1n) is 6.94. The molecular weight excluding hydrogens is 214 g/mol. The standard InChI is InChI=1S/C13H27N3O/c1-4-9-16(11(3)13(17)15-5-2)12-7-6-8-14-10-12/h11-12,14H,4-10H2,1-3H3,(H,15,17). The molecule has 1 amide bonds. The van der Waals surface area contributed by atoms with Crippen molar-refractivity contribution in [2.75, 3.05) is 26.2 Å². The fraction of sp³-hybridized carbons (Fsp3) is 0.923. The molecule has 2 N–H and O–H groups in total. The Bertz CT molecular complexity index is 227. The van der Waals surface area contributed by atoms with Crippen molar-refractivity contribution in [3.05, 3.63) is 0 Å². The van der Waals surface area contributed by atoms with Gasteiger partial charge in [0, 0.05) is 19.1 Å². The van der Waals surface area contributed by atoms with Crippen LogP contribution in [-0.2, 0) is 4.79 Å². The summed E-state index contributed by atoms with van der Waals surface area (Å²) >= 11 is 0. The topological polar surface area (TPSA) is 44.4 Å². The first kappa shape index (κ1) is 14.5. The molecule has 1 aliphatic heterocycles. The minimum atomic E-state index is -0.0141. The Hall–Kier alpha value is -0.610. The van der Waals surface area contributed by atoms with E-state index in [0.717, 1.165) is 26.1 Å². The molecule has 0 saturated carbocycles. The molecule has 1 rings (SSSR count). The quantitative estimate of drug-likeness (QED) is 0.728. The third kappa shape index (κ3) is 4.28. The van der Waals surface area contributed by atoms with Crippen LogP contribution in [0, 0.1) is 0 Å². The summed E-state index contributed by atoms with van der Waals surface area (Å²) in [4.78, 5) is 14.3. The highest BCUT2D eigenvalue weighted by atomic mass is 16.2. The minimum Gasteiger partial charge on any atom is -0.355 e. The van der Waals surface area contributed by atoms with E-state index >= 15 is 0 Å². The Kier molecular flexibility index (Phi) is 6.52. The monoisotopic (exact) mass is 241 g/mol. The van der Waals surface area contributed by atoms with E-state index < -0.39 is 0 Å². The second kappa shape index (κ2) is 7.67. The van der Waals surface area contributed by atoms with Gasteiger partial charge in [-0.15, -0.1) is 0 Å². The van der Waals surface area contributed by atoms with Gasteiger partial charge in [-0.3, -0.25) is 9.69 Å². The molecule has 1 fully saturated rings. The summed E-state index contributed by atoms with van der Waals surface area (Å²) in [7, 11) is 0. The molecule has 0 spiro atoms. The first-order chi connectivity index (χ1) is 8.20. The number of carbonyl (C=O) groups excluding carboxylic acids is 1. The van der Waals surface area contributed by atoms with Gasteiger partial charge < -0.3 is 10.6 Å². The summed E-state index contributed by atoms with van der Waals surface area (Å²) in [5.74, 6) is 0.159. The molecule has 0 aliphatic carbocycles. The van der Waals surface area contributed by atoms with E-state index in [1.54, 1.807) is 0 Å². The Labute approximate surface area is 105 Å². The molecule has 0 aromatic rings. The van der Waals surface area contributed by atoms with Crippen molar-refractivity contribution in [3.63, 3.8) is 0 Å².